The lowest BCUT2D eigenvalue weighted by Crippen LogP contribution is -2.14. The molecule has 0 spiro atoms. The molecule has 0 aromatic heterocycles. The molecule has 1 aromatic rings. The number of benzene rings is 1. The van der Waals surface area contributed by atoms with Gasteiger partial charge in [0.25, 0.3) is 5.69 Å². The fourth-order valence-corrected chi connectivity index (χ4v) is 1.22. The summed E-state index contributed by atoms with van der Waals surface area (Å²) in [6, 6.07) is 3.86. The first kappa shape index (κ1) is 13.4. The molecule has 1 aromatic carbocycles. The summed E-state index contributed by atoms with van der Waals surface area (Å²) in [6.07, 6.45) is -0.381. The van der Waals surface area contributed by atoms with Gasteiger partial charge >= 0.3 is 6.09 Å². The highest BCUT2D eigenvalue weighted by Gasteiger charge is 2.17. The van der Waals surface area contributed by atoms with Crippen LogP contribution in [0.4, 0.5) is 21.9 Å². The second kappa shape index (κ2) is 6.18. The van der Waals surface area contributed by atoms with Gasteiger partial charge in [-0.3, -0.25) is 20.2 Å². The van der Waals surface area contributed by atoms with Crippen LogP contribution in [0.15, 0.2) is 18.2 Å². The van der Waals surface area contributed by atoms with Gasteiger partial charge in [-0.25, -0.2) is 4.79 Å². The van der Waals surface area contributed by atoms with E-state index in [4.69, 9.17) is 0 Å². The van der Waals surface area contributed by atoms with Crippen LogP contribution >= 0.6 is 0 Å². The molecule has 96 valence electrons. The first-order chi connectivity index (χ1) is 8.58. The summed E-state index contributed by atoms with van der Waals surface area (Å²) in [7, 11) is 0. The van der Waals surface area contributed by atoms with E-state index in [1.807, 2.05) is 0 Å². The number of amides is 2. The Morgan fingerprint density at radius 3 is 2.83 bits per heavy atom. The summed E-state index contributed by atoms with van der Waals surface area (Å²) in [4.78, 5) is 31.5. The van der Waals surface area contributed by atoms with E-state index < -0.39 is 11.0 Å². The average Bonchev–Trinajstić information content (AvgIpc) is 2.31. The van der Waals surface area contributed by atoms with Crippen LogP contribution in [0.2, 0.25) is 0 Å². The van der Waals surface area contributed by atoms with Crippen LogP contribution in [0.3, 0.4) is 0 Å². The monoisotopic (exact) mass is 253 g/mol. The Kier molecular flexibility index (Phi) is 4.61. The first-order valence-corrected chi connectivity index (χ1v) is 5.01. The minimum Gasteiger partial charge on any atom is -0.450 e. The maximum atomic E-state index is 11.2. The van der Waals surface area contributed by atoms with Gasteiger partial charge in [0.05, 0.1) is 11.5 Å². The van der Waals surface area contributed by atoms with Crippen LogP contribution in [0, 0.1) is 10.1 Å². The van der Waals surface area contributed by atoms with E-state index in [1.54, 1.807) is 6.92 Å². The number of rotatable bonds is 5. The second-order valence-electron chi connectivity index (χ2n) is 3.10. The van der Waals surface area contributed by atoms with Crippen molar-refractivity contribution in [3.63, 3.8) is 0 Å². The normalized spacial score (nSPS) is 9.39. The minimum absolute atomic E-state index is 0.00472. The summed E-state index contributed by atoms with van der Waals surface area (Å²) in [6.45, 7) is 1.77. The number of ether oxygens (including phenoxy) is 1. The highest BCUT2D eigenvalue weighted by molar-refractivity contribution is 5.89. The number of carbonyl (C=O) groups is 2. The second-order valence-corrected chi connectivity index (χ2v) is 3.10. The van der Waals surface area contributed by atoms with E-state index in [0.29, 0.717) is 6.41 Å². The SMILES string of the molecule is CCOC(=O)Nc1ccc(NC=O)cc1[N+](=O)[O-]. The zero-order valence-corrected chi connectivity index (χ0v) is 9.50. The van der Waals surface area contributed by atoms with Gasteiger partial charge in [0, 0.05) is 11.8 Å². The Morgan fingerprint density at radius 1 is 1.56 bits per heavy atom. The smallest absolute Gasteiger partial charge is 0.411 e. The topological polar surface area (TPSA) is 111 Å². The van der Waals surface area contributed by atoms with Crippen LogP contribution in [-0.4, -0.2) is 24.0 Å². The summed E-state index contributed by atoms with van der Waals surface area (Å²) in [5.41, 5.74) is -0.0871. The lowest BCUT2D eigenvalue weighted by molar-refractivity contribution is -0.383. The molecule has 0 unspecified atom stereocenters. The van der Waals surface area contributed by atoms with Crippen molar-refractivity contribution in [1.29, 1.82) is 0 Å². The third-order valence-electron chi connectivity index (χ3n) is 1.93. The summed E-state index contributed by atoms with van der Waals surface area (Å²) < 4.78 is 4.61. The molecule has 0 fully saturated rings. The number of nitrogens with one attached hydrogen (secondary N) is 2. The quantitative estimate of drug-likeness (QED) is 0.471. The molecule has 8 heteroatoms. The van der Waals surface area contributed by atoms with Crippen LogP contribution in [0.25, 0.3) is 0 Å². The largest absolute Gasteiger partial charge is 0.450 e. The predicted molar refractivity (Wildman–Crippen MR) is 63.4 cm³/mol. The van der Waals surface area contributed by atoms with Crippen molar-refractivity contribution in [1.82, 2.24) is 0 Å². The molecule has 0 saturated heterocycles. The summed E-state index contributed by atoms with van der Waals surface area (Å²) >= 11 is 0. The van der Waals surface area contributed by atoms with Crippen LogP contribution in [0.5, 0.6) is 0 Å². The van der Waals surface area contributed by atoms with Crippen molar-refractivity contribution in [3.8, 4) is 0 Å². The molecule has 0 atom stereocenters. The van der Waals surface area contributed by atoms with E-state index in [1.165, 1.54) is 12.1 Å². The Hall–Kier alpha value is -2.64. The van der Waals surface area contributed by atoms with Gasteiger partial charge in [0.1, 0.15) is 5.69 Å². The maximum Gasteiger partial charge on any atom is 0.411 e. The van der Waals surface area contributed by atoms with E-state index in [-0.39, 0.29) is 23.7 Å². The molecule has 0 aliphatic carbocycles. The zero-order chi connectivity index (χ0) is 13.5. The molecule has 0 bridgehead atoms. The molecule has 1 rings (SSSR count). The van der Waals surface area contributed by atoms with Crippen molar-refractivity contribution < 1.29 is 19.2 Å². The van der Waals surface area contributed by atoms with Crippen molar-refractivity contribution >= 4 is 29.6 Å². The van der Waals surface area contributed by atoms with Gasteiger partial charge in [-0.05, 0) is 19.1 Å². The van der Waals surface area contributed by atoms with Crippen LogP contribution < -0.4 is 10.6 Å². The Bertz CT molecular complexity index is 475. The van der Waals surface area contributed by atoms with Crippen molar-refractivity contribution in [2.45, 2.75) is 6.92 Å². The maximum absolute atomic E-state index is 11.2. The number of anilines is 2. The van der Waals surface area contributed by atoms with E-state index in [2.05, 4.69) is 15.4 Å². The molecular weight excluding hydrogens is 242 g/mol. The molecule has 0 radical (unpaired) electrons. The number of nitro groups is 1. The van der Waals surface area contributed by atoms with Gasteiger partial charge in [-0.2, -0.15) is 0 Å². The van der Waals surface area contributed by atoms with Crippen LogP contribution in [0.1, 0.15) is 6.92 Å². The summed E-state index contributed by atoms with van der Waals surface area (Å²) in [5, 5.41) is 15.3. The van der Waals surface area contributed by atoms with E-state index >= 15 is 0 Å². The number of nitro benzene ring substituents is 1. The Balaban J connectivity index is 3.00. The van der Waals surface area contributed by atoms with Crippen molar-refractivity contribution in [2.75, 3.05) is 17.2 Å². The van der Waals surface area contributed by atoms with Gasteiger partial charge in [0.2, 0.25) is 6.41 Å². The molecule has 0 aliphatic rings. The molecular formula is C10H11N3O5. The van der Waals surface area contributed by atoms with Crippen molar-refractivity contribution in [3.05, 3.63) is 28.3 Å². The molecule has 0 saturated carbocycles. The number of carbonyl (C=O) groups excluding carboxylic acids is 2. The molecule has 0 aliphatic heterocycles. The fourth-order valence-electron chi connectivity index (χ4n) is 1.22. The minimum atomic E-state index is -0.781. The van der Waals surface area contributed by atoms with Gasteiger partial charge in [-0.1, -0.05) is 0 Å². The highest BCUT2D eigenvalue weighted by Crippen LogP contribution is 2.27. The standard InChI is InChI=1S/C10H11N3O5/c1-2-18-10(15)12-8-4-3-7(11-6-14)5-9(8)13(16)17/h3-6H,2H2,1H3,(H,11,14)(H,12,15). The Labute approximate surface area is 102 Å². The molecule has 8 nitrogen and oxygen atoms in total. The third kappa shape index (κ3) is 3.44. The Morgan fingerprint density at radius 2 is 2.28 bits per heavy atom. The van der Waals surface area contributed by atoms with E-state index in [9.17, 15) is 19.7 Å². The first-order valence-electron chi connectivity index (χ1n) is 5.01. The number of hydrogen-bond donors (Lipinski definition) is 2. The van der Waals surface area contributed by atoms with Gasteiger partial charge < -0.3 is 10.1 Å². The van der Waals surface area contributed by atoms with Crippen LogP contribution in [-0.2, 0) is 9.53 Å². The molecule has 2 N–H and O–H groups in total. The third-order valence-corrected chi connectivity index (χ3v) is 1.93. The van der Waals surface area contributed by atoms with Crippen molar-refractivity contribution in [2.24, 2.45) is 0 Å². The van der Waals surface area contributed by atoms with E-state index in [0.717, 1.165) is 6.07 Å². The zero-order valence-electron chi connectivity index (χ0n) is 9.50. The van der Waals surface area contributed by atoms with Gasteiger partial charge in [0.15, 0.2) is 0 Å². The molecule has 0 heterocycles. The summed E-state index contributed by atoms with van der Waals surface area (Å²) in [5.74, 6) is 0. The average molecular weight is 253 g/mol. The number of hydrogen-bond acceptors (Lipinski definition) is 5. The lowest BCUT2D eigenvalue weighted by Gasteiger charge is -2.07. The molecule has 2 amide bonds. The highest BCUT2D eigenvalue weighted by atomic mass is 16.6. The van der Waals surface area contributed by atoms with Gasteiger partial charge in [-0.15, -0.1) is 0 Å². The lowest BCUT2D eigenvalue weighted by atomic mass is 10.2. The molecule has 18 heavy (non-hydrogen) atoms. The fraction of sp³-hybridized carbons (Fsp3) is 0.200. The predicted octanol–water partition coefficient (Wildman–Crippen LogP) is 1.73. The number of nitrogens with zero attached hydrogens (tertiary/aromatic N) is 1.